The van der Waals surface area contributed by atoms with Crippen LogP contribution in [0, 0.1) is 0 Å². The van der Waals surface area contributed by atoms with Crippen molar-refractivity contribution < 1.29 is 10.2 Å². The van der Waals surface area contributed by atoms with E-state index >= 15 is 0 Å². The maximum atomic E-state index is 9.84. The SMILES string of the molecule is NC1(C2(c3ccc(O)cc3O)CC2)CC1. The minimum atomic E-state index is -0.0958. The lowest BCUT2D eigenvalue weighted by atomic mass is 9.85. The summed E-state index contributed by atoms with van der Waals surface area (Å²) < 4.78 is 0. The monoisotopic (exact) mass is 205 g/mol. The summed E-state index contributed by atoms with van der Waals surface area (Å²) in [6.45, 7) is 0. The first-order valence-electron chi connectivity index (χ1n) is 5.39. The van der Waals surface area contributed by atoms with Gasteiger partial charge in [-0.2, -0.15) is 0 Å². The van der Waals surface area contributed by atoms with E-state index in [-0.39, 0.29) is 22.5 Å². The first kappa shape index (κ1) is 9.04. The molecule has 2 saturated carbocycles. The number of benzene rings is 1. The number of aromatic hydroxyl groups is 2. The molecule has 0 unspecified atom stereocenters. The molecular weight excluding hydrogens is 190 g/mol. The predicted molar refractivity (Wildman–Crippen MR) is 56.8 cm³/mol. The Balaban J connectivity index is 2.06. The van der Waals surface area contributed by atoms with Crippen LogP contribution in [0.3, 0.4) is 0 Å². The molecule has 4 N–H and O–H groups in total. The molecule has 3 heteroatoms. The van der Waals surface area contributed by atoms with E-state index < -0.39 is 0 Å². The smallest absolute Gasteiger partial charge is 0.123 e. The lowest BCUT2D eigenvalue weighted by Crippen LogP contribution is -2.37. The van der Waals surface area contributed by atoms with E-state index in [1.165, 1.54) is 6.07 Å². The number of nitrogens with two attached hydrogens (primary N) is 1. The third kappa shape index (κ3) is 1.10. The summed E-state index contributed by atoms with van der Waals surface area (Å²) >= 11 is 0. The first-order chi connectivity index (χ1) is 7.07. The standard InChI is InChI=1S/C12H15NO2/c13-12(5-6-12)11(3-4-11)9-2-1-8(14)7-10(9)15/h1-2,7,14-15H,3-6,13H2. The van der Waals surface area contributed by atoms with Crippen LogP contribution >= 0.6 is 0 Å². The quantitative estimate of drug-likeness (QED) is 0.687. The van der Waals surface area contributed by atoms with Crippen LogP contribution in [-0.4, -0.2) is 15.8 Å². The van der Waals surface area contributed by atoms with Gasteiger partial charge in [0.2, 0.25) is 0 Å². The van der Waals surface area contributed by atoms with Crippen LogP contribution in [-0.2, 0) is 5.41 Å². The van der Waals surface area contributed by atoms with Gasteiger partial charge in [0.1, 0.15) is 11.5 Å². The lowest BCUT2D eigenvalue weighted by molar-refractivity contribution is 0.423. The Morgan fingerprint density at radius 3 is 2.20 bits per heavy atom. The van der Waals surface area contributed by atoms with Gasteiger partial charge in [-0.15, -0.1) is 0 Å². The van der Waals surface area contributed by atoms with Gasteiger partial charge in [0.25, 0.3) is 0 Å². The molecule has 0 heterocycles. The van der Waals surface area contributed by atoms with E-state index in [0.717, 1.165) is 31.2 Å². The van der Waals surface area contributed by atoms with Gasteiger partial charge >= 0.3 is 0 Å². The molecule has 0 amide bonds. The van der Waals surface area contributed by atoms with Gasteiger partial charge in [-0.05, 0) is 31.7 Å². The Labute approximate surface area is 88.5 Å². The molecule has 2 fully saturated rings. The summed E-state index contributed by atoms with van der Waals surface area (Å²) in [4.78, 5) is 0. The Morgan fingerprint density at radius 2 is 1.73 bits per heavy atom. The number of hydrogen-bond acceptors (Lipinski definition) is 3. The fraction of sp³-hybridized carbons (Fsp3) is 0.500. The van der Waals surface area contributed by atoms with Crippen molar-refractivity contribution in [2.75, 3.05) is 0 Å². The largest absolute Gasteiger partial charge is 0.508 e. The normalized spacial score (nSPS) is 24.9. The Kier molecular flexibility index (Phi) is 1.49. The minimum Gasteiger partial charge on any atom is -0.508 e. The zero-order valence-corrected chi connectivity index (χ0v) is 8.53. The molecule has 3 rings (SSSR count). The second-order valence-electron chi connectivity index (χ2n) is 4.94. The highest BCUT2D eigenvalue weighted by Crippen LogP contribution is 2.65. The van der Waals surface area contributed by atoms with Crippen LogP contribution in [0.5, 0.6) is 11.5 Å². The zero-order valence-electron chi connectivity index (χ0n) is 8.53. The lowest BCUT2D eigenvalue weighted by Gasteiger charge is -2.24. The van der Waals surface area contributed by atoms with E-state index in [1.807, 2.05) is 6.07 Å². The second-order valence-corrected chi connectivity index (χ2v) is 4.94. The molecule has 3 nitrogen and oxygen atoms in total. The van der Waals surface area contributed by atoms with Gasteiger partial charge in [0, 0.05) is 22.6 Å². The molecule has 1 aromatic rings. The van der Waals surface area contributed by atoms with Crippen molar-refractivity contribution in [1.29, 1.82) is 0 Å². The number of phenols is 2. The molecule has 2 aliphatic rings. The fourth-order valence-corrected chi connectivity index (χ4v) is 2.70. The van der Waals surface area contributed by atoms with Crippen molar-refractivity contribution in [1.82, 2.24) is 0 Å². The zero-order chi connectivity index (χ0) is 10.7. The first-order valence-corrected chi connectivity index (χ1v) is 5.39. The van der Waals surface area contributed by atoms with Crippen molar-refractivity contribution in [2.45, 2.75) is 36.6 Å². The summed E-state index contributed by atoms with van der Waals surface area (Å²) in [7, 11) is 0. The van der Waals surface area contributed by atoms with Gasteiger partial charge in [-0.25, -0.2) is 0 Å². The van der Waals surface area contributed by atoms with Crippen molar-refractivity contribution in [3.8, 4) is 11.5 Å². The second kappa shape index (κ2) is 2.47. The summed E-state index contributed by atoms with van der Waals surface area (Å²) in [6.07, 6.45) is 4.21. The molecule has 0 atom stereocenters. The summed E-state index contributed by atoms with van der Waals surface area (Å²) in [5, 5.41) is 19.1. The molecule has 0 saturated heterocycles. The molecule has 80 valence electrons. The molecule has 0 radical (unpaired) electrons. The average molecular weight is 205 g/mol. The van der Waals surface area contributed by atoms with Crippen LogP contribution in [0.2, 0.25) is 0 Å². The molecule has 0 bridgehead atoms. The summed E-state index contributed by atoms with van der Waals surface area (Å²) in [5.74, 6) is 0.290. The van der Waals surface area contributed by atoms with Crippen LogP contribution in [0.25, 0.3) is 0 Å². The van der Waals surface area contributed by atoms with Crippen LogP contribution in [0.4, 0.5) is 0 Å². The van der Waals surface area contributed by atoms with E-state index in [9.17, 15) is 10.2 Å². The van der Waals surface area contributed by atoms with Gasteiger partial charge in [-0.3, -0.25) is 0 Å². The highest BCUT2D eigenvalue weighted by atomic mass is 16.3. The highest BCUT2D eigenvalue weighted by molar-refractivity contribution is 5.50. The van der Waals surface area contributed by atoms with Gasteiger partial charge in [0.15, 0.2) is 0 Å². The van der Waals surface area contributed by atoms with Gasteiger partial charge < -0.3 is 15.9 Å². The Morgan fingerprint density at radius 1 is 1.07 bits per heavy atom. The van der Waals surface area contributed by atoms with E-state index in [0.29, 0.717) is 0 Å². The van der Waals surface area contributed by atoms with Gasteiger partial charge in [0.05, 0.1) is 0 Å². The molecule has 0 aromatic heterocycles. The maximum absolute atomic E-state index is 9.84. The predicted octanol–water partition coefficient (Wildman–Crippen LogP) is 1.62. The fourth-order valence-electron chi connectivity index (χ4n) is 2.70. The van der Waals surface area contributed by atoms with Crippen molar-refractivity contribution >= 4 is 0 Å². The third-order valence-corrected chi connectivity index (χ3v) is 3.99. The molecule has 15 heavy (non-hydrogen) atoms. The molecular formula is C12H15NO2. The minimum absolute atomic E-state index is 0.00914. The summed E-state index contributed by atoms with van der Waals surface area (Å²) in [5.41, 5.74) is 7.06. The summed E-state index contributed by atoms with van der Waals surface area (Å²) in [6, 6.07) is 4.84. The molecule has 0 spiro atoms. The highest BCUT2D eigenvalue weighted by Gasteiger charge is 2.64. The Bertz CT molecular complexity index is 420. The molecule has 1 aromatic carbocycles. The van der Waals surface area contributed by atoms with Crippen LogP contribution < -0.4 is 5.73 Å². The average Bonchev–Trinajstić information content (AvgIpc) is 3.01. The van der Waals surface area contributed by atoms with Gasteiger partial charge in [-0.1, -0.05) is 6.07 Å². The Hall–Kier alpha value is -1.22. The number of rotatable bonds is 2. The van der Waals surface area contributed by atoms with Crippen molar-refractivity contribution in [3.63, 3.8) is 0 Å². The number of hydrogen-bond donors (Lipinski definition) is 3. The van der Waals surface area contributed by atoms with Crippen molar-refractivity contribution in [2.24, 2.45) is 5.73 Å². The van der Waals surface area contributed by atoms with Crippen LogP contribution in [0.1, 0.15) is 31.2 Å². The maximum Gasteiger partial charge on any atom is 0.123 e. The third-order valence-electron chi connectivity index (χ3n) is 3.99. The van der Waals surface area contributed by atoms with E-state index in [1.54, 1.807) is 6.07 Å². The van der Waals surface area contributed by atoms with Crippen molar-refractivity contribution in [3.05, 3.63) is 23.8 Å². The van der Waals surface area contributed by atoms with E-state index in [4.69, 9.17) is 5.73 Å². The topological polar surface area (TPSA) is 66.5 Å². The molecule has 0 aliphatic heterocycles. The van der Waals surface area contributed by atoms with Crippen LogP contribution in [0.15, 0.2) is 18.2 Å². The number of phenolic OH excluding ortho intramolecular Hbond substituents is 2. The van der Waals surface area contributed by atoms with E-state index in [2.05, 4.69) is 0 Å². The molecule has 2 aliphatic carbocycles.